The van der Waals surface area contributed by atoms with E-state index in [1.54, 1.807) is 24.3 Å². The molecule has 0 bridgehead atoms. The van der Waals surface area contributed by atoms with Crippen LogP contribution in [0.5, 0.6) is 0 Å². The summed E-state index contributed by atoms with van der Waals surface area (Å²) < 4.78 is 86.9. The molecule has 14 atom stereocenters. The normalized spacial score (nSPS) is 23.3. The number of rotatable bonds is 33. The van der Waals surface area contributed by atoms with Crippen molar-refractivity contribution in [2.75, 3.05) is 13.2 Å². The van der Waals surface area contributed by atoms with Crippen molar-refractivity contribution in [1.82, 2.24) is 21.3 Å². The van der Waals surface area contributed by atoms with Crippen LogP contribution in [0.4, 0.5) is 19.2 Å². The Morgan fingerprint density at radius 3 is 1.04 bits per heavy atom. The second kappa shape index (κ2) is 39.7. The molecule has 0 spiro atoms. The van der Waals surface area contributed by atoms with Crippen LogP contribution in [0.1, 0.15) is 56.5 Å². The molecule has 2 saturated heterocycles. The summed E-state index contributed by atoms with van der Waals surface area (Å²) in [6, 6.07) is 79.9. The number of aliphatic hydroxyl groups is 1. The lowest BCUT2D eigenvalue weighted by molar-refractivity contribution is -0.320. The molecule has 14 unspecified atom stereocenters. The Labute approximate surface area is 616 Å². The Kier molecular flexibility index (Phi) is 28.2. The fourth-order valence-corrected chi connectivity index (χ4v) is 12.8. The quantitative estimate of drug-likeness (QED) is 0.0240. The first kappa shape index (κ1) is 75.3. The molecule has 0 aromatic heterocycles. The van der Waals surface area contributed by atoms with Gasteiger partial charge >= 0.3 is 24.4 Å². The fourth-order valence-electron chi connectivity index (χ4n) is 12.8. The second-order valence-electron chi connectivity index (χ2n) is 25.9. The van der Waals surface area contributed by atoms with Crippen LogP contribution >= 0.6 is 0 Å². The number of aliphatic hydroxyl groups excluding tert-OH is 1. The Morgan fingerprint density at radius 2 is 0.632 bits per heavy atom. The van der Waals surface area contributed by atoms with E-state index in [1.807, 2.05) is 249 Å². The van der Waals surface area contributed by atoms with Crippen molar-refractivity contribution in [2.24, 2.45) is 0 Å². The first-order chi connectivity index (χ1) is 52.1. The SMILES string of the molecule is O=C(NCC1OC(OC2C(NC(=O)OCc3ccccc3)CC(NC(=O)OCc3ccccc3)C(O)C2OC2OC(COCc3ccccc3)C(OCc3ccccc3)C2OCc2ccccc2)C(NC(=O)OCc2ccccc2)C(OCc2ccccc2)C1OCc1ccccc1)OCc1ccccc1. The monoisotopic (exact) mass is 1440 g/mol. The number of benzene rings is 9. The number of alkyl carbamates (subject to hydrolysis) is 4. The van der Waals surface area contributed by atoms with Crippen molar-refractivity contribution < 1.29 is 85.9 Å². The van der Waals surface area contributed by atoms with Gasteiger partial charge in [0.1, 0.15) is 87.4 Å². The van der Waals surface area contributed by atoms with Crippen LogP contribution in [-0.4, -0.2) is 128 Å². The zero-order valence-corrected chi connectivity index (χ0v) is 58.4. The predicted octanol–water partition coefficient (Wildman–Crippen LogP) is 12.3. The third kappa shape index (κ3) is 22.6. The molecule has 0 radical (unpaired) electrons. The molecule has 9 aromatic carbocycles. The summed E-state index contributed by atoms with van der Waals surface area (Å²) in [5.74, 6) is 0. The van der Waals surface area contributed by atoms with Crippen LogP contribution in [0.2, 0.25) is 0 Å². The zero-order valence-electron chi connectivity index (χ0n) is 58.4. The number of ether oxygens (including phenoxy) is 13. The highest BCUT2D eigenvalue weighted by Gasteiger charge is 2.57. The van der Waals surface area contributed by atoms with Crippen LogP contribution in [0, 0.1) is 0 Å². The van der Waals surface area contributed by atoms with E-state index in [4.69, 9.17) is 61.6 Å². The summed E-state index contributed by atoms with van der Waals surface area (Å²) in [5, 5.41) is 25.3. The summed E-state index contributed by atoms with van der Waals surface area (Å²) in [7, 11) is 0. The van der Waals surface area contributed by atoms with E-state index in [0.717, 1.165) is 33.4 Å². The van der Waals surface area contributed by atoms with Crippen molar-refractivity contribution in [3.63, 3.8) is 0 Å². The van der Waals surface area contributed by atoms with E-state index < -0.39 is 110 Å². The molecule has 106 heavy (non-hydrogen) atoms. The van der Waals surface area contributed by atoms with Gasteiger partial charge in [0.2, 0.25) is 0 Å². The number of hydrogen-bond donors (Lipinski definition) is 5. The molecule has 22 nitrogen and oxygen atoms in total. The van der Waals surface area contributed by atoms with E-state index in [0.29, 0.717) is 16.7 Å². The van der Waals surface area contributed by atoms with E-state index in [2.05, 4.69) is 21.3 Å². The molecule has 3 aliphatic rings. The Morgan fingerprint density at radius 1 is 0.321 bits per heavy atom. The highest BCUT2D eigenvalue weighted by molar-refractivity contribution is 5.69. The van der Waals surface area contributed by atoms with Crippen LogP contribution in [0.25, 0.3) is 0 Å². The molecule has 2 aliphatic heterocycles. The number of nitrogens with one attached hydrogen (secondary N) is 4. The Balaban J connectivity index is 0.961. The largest absolute Gasteiger partial charge is 0.445 e. The molecule has 3 fully saturated rings. The van der Waals surface area contributed by atoms with Gasteiger partial charge < -0.3 is 88.0 Å². The van der Waals surface area contributed by atoms with Crippen molar-refractivity contribution in [3.8, 4) is 0 Å². The number of hydrogen-bond acceptors (Lipinski definition) is 18. The van der Waals surface area contributed by atoms with Crippen LogP contribution in [0.3, 0.4) is 0 Å². The molecular weight excluding hydrogens is 1350 g/mol. The average Bonchev–Trinajstić information content (AvgIpc) is 1.13. The molecule has 5 N–H and O–H groups in total. The minimum Gasteiger partial charge on any atom is -0.445 e. The fraction of sp³-hybridized carbons (Fsp3) is 0.310. The van der Waals surface area contributed by atoms with Crippen molar-refractivity contribution in [3.05, 3.63) is 323 Å². The first-order valence-electron chi connectivity index (χ1n) is 35.5. The summed E-state index contributed by atoms with van der Waals surface area (Å²) >= 11 is 0. The van der Waals surface area contributed by atoms with Gasteiger partial charge in [0.15, 0.2) is 12.6 Å². The highest BCUT2D eigenvalue weighted by atomic mass is 16.8. The minimum absolute atomic E-state index is 0.00104. The molecule has 552 valence electrons. The Hall–Kier alpha value is -10.3. The smallest absolute Gasteiger partial charge is 0.407 e. The maximum atomic E-state index is 14.9. The van der Waals surface area contributed by atoms with Gasteiger partial charge in [-0.1, -0.05) is 273 Å². The lowest BCUT2D eigenvalue weighted by Gasteiger charge is -2.50. The molecule has 1 aliphatic carbocycles. The van der Waals surface area contributed by atoms with E-state index in [-0.39, 0.29) is 79.0 Å². The molecule has 9 aromatic rings. The Bertz CT molecular complexity index is 4060. The lowest BCUT2D eigenvalue weighted by Crippen LogP contribution is -2.71. The van der Waals surface area contributed by atoms with Gasteiger partial charge in [0.25, 0.3) is 0 Å². The van der Waals surface area contributed by atoms with Crippen LogP contribution in [0.15, 0.2) is 273 Å². The molecule has 4 amide bonds. The predicted molar refractivity (Wildman–Crippen MR) is 389 cm³/mol. The number of amides is 4. The molecule has 22 heteroatoms. The third-order valence-electron chi connectivity index (χ3n) is 18.2. The van der Waals surface area contributed by atoms with Gasteiger partial charge in [-0.3, -0.25) is 0 Å². The van der Waals surface area contributed by atoms with Gasteiger partial charge in [-0.05, 0) is 56.5 Å². The van der Waals surface area contributed by atoms with E-state index in [9.17, 15) is 24.3 Å². The maximum absolute atomic E-state index is 14.9. The lowest BCUT2D eigenvalue weighted by atomic mass is 9.83. The molecule has 12 rings (SSSR count). The van der Waals surface area contributed by atoms with E-state index >= 15 is 0 Å². The maximum Gasteiger partial charge on any atom is 0.407 e. The number of carbonyl (C=O) groups is 4. The molecule has 1 saturated carbocycles. The third-order valence-corrected chi connectivity index (χ3v) is 18.2. The topological polar surface area (TPSA) is 257 Å². The van der Waals surface area contributed by atoms with Crippen LogP contribution in [-0.2, 0) is 121 Å². The summed E-state index contributed by atoms with van der Waals surface area (Å²) in [5.41, 5.74) is 6.89. The van der Waals surface area contributed by atoms with Gasteiger partial charge in [0, 0.05) is 6.54 Å². The van der Waals surface area contributed by atoms with Gasteiger partial charge in [-0.2, -0.15) is 0 Å². The molecular formula is C84H88N4O18. The summed E-state index contributed by atoms with van der Waals surface area (Å²) in [4.78, 5) is 57.9. The van der Waals surface area contributed by atoms with Crippen LogP contribution < -0.4 is 21.3 Å². The van der Waals surface area contributed by atoms with Crippen molar-refractivity contribution >= 4 is 24.4 Å². The molecule has 2 heterocycles. The highest BCUT2D eigenvalue weighted by Crippen LogP contribution is 2.38. The zero-order chi connectivity index (χ0) is 72.9. The average molecular weight is 1440 g/mol. The van der Waals surface area contributed by atoms with Crippen molar-refractivity contribution in [2.45, 2.75) is 152 Å². The van der Waals surface area contributed by atoms with Gasteiger partial charge in [-0.25, -0.2) is 19.2 Å². The standard InChI is InChI=1S/C84H88N4O18/c89-72-67(86-82(91)100-54-64-40-22-7-23-41-64)46-68(87-83(92)101-55-65-42-24-8-25-43-65)73(77(72)106-80-78(98-52-62-36-18-5-19-37-62)75(96-50-60-32-14-3-15-33-60)70(104-80)57-94-48-58-28-10-1-11-29-58)105-79-71(88-84(93)102-56-66-44-26-9-27-45-66)76(97-51-61-34-16-4-17-35-61)74(95-49-59-30-12-2-13-31-59)69(103-79)47-85-81(90)99-53-63-38-20-6-21-39-63/h1-45,67-80,89H,46-57H2,(H,85,90)(H,86,91)(H,87,92)(H,88,93). The summed E-state index contributed by atoms with van der Waals surface area (Å²) in [6.07, 6.45) is -18.6. The summed E-state index contributed by atoms with van der Waals surface area (Å²) in [6.45, 7) is -0.521. The van der Waals surface area contributed by atoms with Gasteiger partial charge in [-0.15, -0.1) is 0 Å². The minimum atomic E-state index is -1.77. The van der Waals surface area contributed by atoms with Crippen molar-refractivity contribution in [1.29, 1.82) is 0 Å². The first-order valence-corrected chi connectivity index (χ1v) is 35.5. The van der Waals surface area contributed by atoms with Gasteiger partial charge in [0.05, 0.1) is 51.7 Å². The van der Waals surface area contributed by atoms with E-state index in [1.165, 1.54) is 0 Å². The number of carbonyl (C=O) groups excluding carboxylic acids is 4. The second-order valence-corrected chi connectivity index (χ2v) is 25.9.